The van der Waals surface area contributed by atoms with Crippen LogP contribution < -0.4 is 0 Å². The summed E-state index contributed by atoms with van der Waals surface area (Å²) >= 11 is 0. The van der Waals surface area contributed by atoms with Crippen molar-refractivity contribution in [1.29, 1.82) is 0 Å². The van der Waals surface area contributed by atoms with Gasteiger partial charge in [0.25, 0.3) is 0 Å². The molecule has 0 bridgehead atoms. The highest BCUT2D eigenvalue weighted by molar-refractivity contribution is 5.91. The minimum Gasteiger partial charge on any atom is -0.369 e. The van der Waals surface area contributed by atoms with E-state index in [9.17, 15) is 4.79 Å². The van der Waals surface area contributed by atoms with Gasteiger partial charge in [-0.05, 0) is 30.4 Å². The SMILES string of the molecule is C#CCOCC1CCN(C(=O)/C=C/c2ccccc2)CC1. The van der Waals surface area contributed by atoms with Crippen LogP contribution in [0.4, 0.5) is 0 Å². The van der Waals surface area contributed by atoms with Gasteiger partial charge < -0.3 is 9.64 Å². The van der Waals surface area contributed by atoms with Crippen LogP contribution >= 0.6 is 0 Å². The van der Waals surface area contributed by atoms with E-state index in [1.807, 2.05) is 41.3 Å². The summed E-state index contributed by atoms with van der Waals surface area (Å²) in [7, 11) is 0. The smallest absolute Gasteiger partial charge is 0.246 e. The first kappa shape index (κ1) is 15.3. The van der Waals surface area contributed by atoms with E-state index < -0.39 is 0 Å². The monoisotopic (exact) mass is 283 g/mol. The van der Waals surface area contributed by atoms with Gasteiger partial charge in [-0.3, -0.25) is 4.79 Å². The molecular formula is C18H21NO2. The second-order valence-corrected chi connectivity index (χ2v) is 5.23. The van der Waals surface area contributed by atoms with Crippen molar-refractivity contribution in [3.05, 3.63) is 42.0 Å². The third-order valence-electron chi connectivity index (χ3n) is 3.68. The molecule has 1 fully saturated rings. The second-order valence-electron chi connectivity index (χ2n) is 5.23. The topological polar surface area (TPSA) is 29.5 Å². The molecule has 0 spiro atoms. The Kier molecular flexibility index (Phi) is 6.05. The molecule has 0 N–H and O–H groups in total. The average Bonchev–Trinajstić information content (AvgIpc) is 2.54. The standard InChI is InChI=1S/C18H21NO2/c1-2-14-21-15-17-10-12-19(13-11-17)18(20)9-8-16-6-4-3-5-7-16/h1,3-9,17H,10-15H2/b9-8+. The molecule has 1 amide bonds. The molecule has 3 nitrogen and oxygen atoms in total. The molecule has 0 unspecified atom stereocenters. The zero-order valence-electron chi connectivity index (χ0n) is 12.2. The Hall–Kier alpha value is -2.05. The molecule has 3 heteroatoms. The molecule has 1 aliphatic rings. The molecule has 21 heavy (non-hydrogen) atoms. The Morgan fingerprint density at radius 2 is 2.05 bits per heavy atom. The molecule has 0 aromatic heterocycles. The summed E-state index contributed by atoms with van der Waals surface area (Å²) in [5, 5.41) is 0. The lowest BCUT2D eigenvalue weighted by atomic mass is 9.98. The van der Waals surface area contributed by atoms with Crippen LogP contribution in [0.5, 0.6) is 0 Å². The molecule has 1 saturated heterocycles. The fraction of sp³-hybridized carbons (Fsp3) is 0.389. The molecule has 110 valence electrons. The molecular weight excluding hydrogens is 262 g/mol. The lowest BCUT2D eigenvalue weighted by molar-refractivity contribution is -0.127. The molecule has 1 aromatic rings. The third-order valence-corrected chi connectivity index (χ3v) is 3.68. The van der Waals surface area contributed by atoms with Crippen LogP contribution in [0.15, 0.2) is 36.4 Å². The number of piperidine rings is 1. The van der Waals surface area contributed by atoms with Crippen molar-refractivity contribution in [2.24, 2.45) is 5.92 Å². The van der Waals surface area contributed by atoms with Crippen LogP contribution in [0.25, 0.3) is 6.08 Å². The van der Waals surface area contributed by atoms with E-state index in [0.29, 0.717) is 19.1 Å². The lowest BCUT2D eigenvalue weighted by Crippen LogP contribution is -2.38. The van der Waals surface area contributed by atoms with Crippen LogP contribution in [0.3, 0.4) is 0 Å². The number of carbonyl (C=O) groups excluding carboxylic acids is 1. The van der Waals surface area contributed by atoms with Gasteiger partial charge in [-0.2, -0.15) is 0 Å². The Bertz CT molecular complexity index is 508. The van der Waals surface area contributed by atoms with Gasteiger partial charge in [-0.25, -0.2) is 0 Å². The Morgan fingerprint density at radius 3 is 2.71 bits per heavy atom. The lowest BCUT2D eigenvalue weighted by Gasteiger charge is -2.31. The predicted octanol–water partition coefficient (Wildman–Crippen LogP) is 2.59. The summed E-state index contributed by atoms with van der Waals surface area (Å²) < 4.78 is 5.37. The first-order valence-corrected chi connectivity index (χ1v) is 7.33. The number of hydrogen-bond donors (Lipinski definition) is 0. The summed E-state index contributed by atoms with van der Waals surface area (Å²) in [6.07, 6.45) is 10.6. The first-order valence-electron chi connectivity index (χ1n) is 7.33. The number of ether oxygens (including phenoxy) is 1. The zero-order chi connectivity index (χ0) is 14.9. The maximum absolute atomic E-state index is 12.1. The summed E-state index contributed by atoms with van der Waals surface area (Å²) in [5.74, 6) is 3.07. The predicted molar refractivity (Wildman–Crippen MR) is 84.4 cm³/mol. The minimum atomic E-state index is 0.0850. The Morgan fingerprint density at radius 1 is 1.33 bits per heavy atom. The Balaban J connectivity index is 1.76. The van der Waals surface area contributed by atoms with E-state index in [1.165, 1.54) is 0 Å². The fourth-order valence-corrected chi connectivity index (χ4v) is 2.44. The number of carbonyl (C=O) groups is 1. The molecule has 0 atom stereocenters. The van der Waals surface area contributed by atoms with Gasteiger partial charge in [0.15, 0.2) is 0 Å². The third kappa shape index (κ3) is 5.09. The van der Waals surface area contributed by atoms with E-state index in [0.717, 1.165) is 31.5 Å². The van der Waals surface area contributed by atoms with Crippen molar-refractivity contribution in [2.75, 3.05) is 26.3 Å². The van der Waals surface area contributed by atoms with Gasteiger partial charge in [0.1, 0.15) is 6.61 Å². The molecule has 0 saturated carbocycles. The van der Waals surface area contributed by atoms with Crippen molar-refractivity contribution in [3.63, 3.8) is 0 Å². The molecule has 1 aliphatic heterocycles. The molecule has 2 rings (SSSR count). The number of hydrogen-bond acceptors (Lipinski definition) is 2. The van der Waals surface area contributed by atoms with Crippen LogP contribution in [-0.2, 0) is 9.53 Å². The van der Waals surface area contributed by atoms with Crippen LogP contribution in [0, 0.1) is 18.3 Å². The molecule has 0 radical (unpaired) electrons. The normalized spacial score (nSPS) is 16.0. The van der Waals surface area contributed by atoms with E-state index in [-0.39, 0.29) is 5.91 Å². The summed E-state index contributed by atoms with van der Waals surface area (Å²) in [6.45, 7) is 2.66. The average molecular weight is 283 g/mol. The van der Waals surface area contributed by atoms with Crippen molar-refractivity contribution < 1.29 is 9.53 Å². The number of benzene rings is 1. The largest absolute Gasteiger partial charge is 0.369 e. The van der Waals surface area contributed by atoms with Crippen molar-refractivity contribution in [3.8, 4) is 12.3 Å². The second kappa shape index (κ2) is 8.28. The van der Waals surface area contributed by atoms with Gasteiger partial charge >= 0.3 is 0 Å². The van der Waals surface area contributed by atoms with Gasteiger partial charge in [-0.1, -0.05) is 36.3 Å². The van der Waals surface area contributed by atoms with Crippen molar-refractivity contribution in [1.82, 2.24) is 4.90 Å². The highest BCUT2D eigenvalue weighted by Crippen LogP contribution is 2.18. The molecule has 0 aliphatic carbocycles. The summed E-state index contributed by atoms with van der Waals surface area (Å²) in [6, 6.07) is 9.86. The minimum absolute atomic E-state index is 0.0850. The quantitative estimate of drug-likeness (QED) is 0.472. The maximum Gasteiger partial charge on any atom is 0.246 e. The molecule has 1 aromatic carbocycles. The van der Waals surface area contributed by atoms with E-state index in [2.05, 4.69) is 5.92 Å². The van der Waals surface area contributed by atoms with E-state index in [1.54, 1.807) is 6.08 Å². The highest BCUT2D eigenvalue weighted by Gasteiger charge is 2.21. The van der Waals surface area contributed by atoms with Crippen molar-refractivity contribution >= 4 is 12.0 Å². The zero-order valence-corrected chi connectivity index (χ0v) is 12.2. The van der Waals surface area contributed by atoms with Crippen molar-refractivity contribution in [2.45, 2.75) is 12.8 Å². The van der Waals surface area contributed by atoms with E-state index >= 15 is 0 Å². The highest BCUT2D eigenvalue weighted by atomic mass is 16.5. The number of nitrogens with zero attached hydrogens (tertiary/aromatic N) is 1. The number of rotatable bonds is 5. The Labute approximate surface area is 126 Å². The van der Waals surface area contributed by atoms with Crippen LogP contribution in [0.2, 0.25) is 0 Å². The first-order chi connectivity index (χ1) is 10.3. The summed E-state index contributed by atoms with van der Waals surface area (Å²) in [5.41, 5.74) is 1.04. The number of amides is 1. The number of terminal acetylenes is 1. The van der Waals surface area contributed by atoms with Crippen LogP contribution in [-0.4, -0.2) is 37.1 Å². The molecule has 1 heterocycles. The summed E-state index contributed by atoms with van der Waals surface area (Å²) in [4.78, 5) is 14.0. The van der Waals surface area contributed by atoms with Gasteiger partial charge in [-0.15, -0.1) is 6.42 Å². The van der Waals surface area contributed by atoms with Gasteiger partial charge in [0.05, 0.1) is 6.61 Å². The van der Waals surface area contributed by atoms with Gasteiger partial charge in [0, 0.05) is 19.2 Å². The van der Waals surface area contributed by atoms with Gasteiger partial charge in [0.2, 0.25) is 5.91 Å². The van der Waals surface area contributed by atoms with Crippen LogP contribution in [0.1, 0.15) is 18.4 Å². The van der Waals surface area contributed by atoms with E-state index in [4.69, 9.17) is 11.2 Å². The maximum atomic E-state index is 12.1. The number of likely N-dealkylation sites (tertiary alicyclic amines) is 1. The fourth-order valence-electron chi connectivity index (χ4n) is 2.44.